The second kappa shape index (κ2) is 2.87. The number of likely N-dealkylation sites (N-methyl/N-ethyl adjacent to an activating group) is 1. The number of hydrogen-bond donors (Lipinski definition) is 1. The average Bonchev–Trinajstić information content (AvgIpc) is 2.41. The van der Waals surface area contributed by atoms with Crippen LogP contribution in [0.5, 0.6) is 0 Å². The van der Waals surface area contributed by atoms with Crippen LogP contribution in [0.2, 0.25) is 0 Å². The van der Waals surface area contributed by atoms with Gasteiger partial charge in [-0.25, -0.2) is 4.79 Å². The van der Waals surface area contributed by atoms with Crippen LogP contribution in [-0.4, -0.2) is 43.3 Å². The second-order valence-electron chi connectivity index (χ2n) is 2.76. The number of amides is 1. The lowest BCUT2D eigenvalue weighted by molar-refractivity contribution is 0.136. The summed E-state index contributed by atoms with van der Waals surface area (Å²) in [5.41, 5.74) is 0. The van der Waals surface area contributed by atoms with Crippen LogP contribution >= 0.6 is 12.4 Å². The highest BCUT2D eigenvalue weighted by Crippen LogP contribution is 2.19. The number of ether oxygens (including phenoxy) is 1. The average molecular weight is 179 g/mol. The summed E-state index contributed by atoms with van der Waals surface area (Å²) in [5, 5.41) is 3.16. The molecular formula is C6H11ClN2O2. The first-order valence-electron chi connectivity index (χ1n) is 3.43. The van der Waals surface area contributed by atoms with E-state index in [1.54, 1.807) is 11.9 Å². The lowest BCUT2D eigenvalue weighted by atomic mass is 10.2. The molecule has 1 amide bonds. The standard InChI is InChI=1S/C6H10N2O2.ClH/c1-8-4-2-7-3-5(4)10-6(8)9;/h4-5,7H,2-3H2,1H3;1H/t4-,5+;/m1./s1. The Balaban J connectivity index is 0.000000605. The Morgan fingerprint density at radius 1 is 1.64 bits per heavy atom. The Hall–Kier alpha value is -0.480. The molecule has 0 bridgehead atoms. The van der Waals surface area contributed by atoms with Crippen molar-refractivity contribution >= 4 is 18.5 Å². The molecule has 5 heteroatoms. The summed E-state index contributed by atoms with van der Waals surface area (Å²) in [6, 6.07) is 0.271. The maximum atomic E-state index is 10.9. The van der Waals surface area contributed by atoms with E-state index in [1.807, 2.05) is 0 Å². The van der Waals surface area contributed by atoms with Gasteiger partial charge < -0.3 is 15.0 Å². The molecule has 2 aliphatic heterocycles. The number of fused-ring (bicyclic) bond motifs is 1. The Morgan fingerprint density at radius 3 is 3.00 bits per heavy atom. The van der Waals surface area contributed by atoms with E-state index >= 15 is 0 Å². The largest absolute Gasteiger partial charge is 0.442 e. The summed E-state index contributed by atoms with van der Waals surface area (Å²) in [5.74, 6) is 0. The van der Waals surface area contributed by atoms with Crippen molar-refractivity contribution in [3.63, 3.8) is 0 Å². The molecule has 0 aromatic heterocycles. The van der Waals surface area contributed by atoms with Gasteiger partial charge in [0.05, 0.1) is 6.04 Å². The Morgan fingerprint density at radius 2 is 2.36 bits per heavy atom. The number of carbonyl (C=O) groups excluding carboxylic acids is 1. The molecule has 64 valence electrons. The maximum absolute atomic E-state index is 10.9. The molecule has 0 spiro atoms. The fraction of sp³-hybridized carbons (Fsp3) is 0.833. The van der Waals surface area contributed by atoms with E-state index < -0.39 is 0 Å². The van der Waals surface area contributed by atoms with Gasteiger partial charge in [0.15, 0.2) is 0 Å². The number of nitrogens with zero attached hydrogens (tertiary/aromatic N) is 1. The molecule has 0 saturated carbocycles. The molecule has 2 saturated heterocycles. The van der Waals surface area contributed by atoms with Gasteiger partial charge in [0.1, 0.15) is 6.10 Å². The van der Waals surface area contributed by atoms with Crippen LogP contribution in [0.3, 0.4) is 0 Å². The van der Waals surface area contributed by atoms with E-state index in [-0.39, 0.29) is 30.6 Å². The molecule has 0 unspecified atom stereocenters. The molecule has 0 aromatic carbocycles. The Bertz CT molecular complexity index is 176. The fourth-order valence-electron chi connectivity index (χ4n) is 1.50. The normalized spacial score (nSPS) is 34.6. The van der Waals surface area contributed by atoms with Gasteiger partial charge in [-0.1, -0.05) is 0 Å². The fourth-order valence-corrected chi connectivity index (χ4v) is 1.50. The smallest absolute Gasteiger partial charge is 0.410 e. The van der Waals surface area contributed by atoms with Gasteiger partial charge >= 0.3 is 6.09 Å². The lowest BCUT2D eigenvalue weighted by Crippen LogP contribution is -2.33. The van der Waals surface area contributed by atoms with Gasteiger partial charge in [-0.05, 0) is 0 Å². The predicted octanol–water partition coefficient (Wildman–Crippen LogP) is -0.169. The SMILES string of the molecule is CN1C(=O)O[C@H]2CNC[C@H]21.Cl. The van der Waals surface area contributed by atoms with Gasteiger partial charge in [0.2, 0.25) is 0 Å². The third kappa shape index (κ3) is 1.16. The molecule has 0 aliphatic carbocycles. The molecule has 0 aromatic rings. The van der Waals surface area contributed by atoms with Crippen LogP contribution in [-0.2, 0) is 4.74 Å². The van der Waals surface area contributed by atoms with E-state index in [9.17, 15) is 4.79 Å². The summed E-state index contributed by atoms with van der Waals surface area (Å²) in [6.45, 7) is 1.67. The summed E-state index contributed by atoms with van der Waals surface area (Å²) >= 11 is 0. The molecule has 2 atom stereocenters. The van der Waals surface area contributed by atoms with Crippen molar-refractivity contribution in [2.45, 2.75) is 12.1 Å². The summed E-state index contributed by atoms with van der Waals surface area (Å²) in [4.78, 5) is 12.5. The Labute approximate surface area is 71.3 Å². The first-order valence-corrected chi connectivity index (χ1v) is 3.43. The minimum Gasteiger partial charge on any atom is -0.442 e. The summed E-state index contributed by atoms with van der Waals surface area (Å²) in [7, 11) is 1.78. The lowest BCUT2D eigenvalue weighted by Gasteiger charge is -2.11. The van der Waals surface area contributed by atoms with Gasteiger partial charge in [0, 0.05) is 20.1 Å². The number of hydrogen-bond acceptors (Lipinski definition) is 3. The third-order valence-corrected chi connectivity index (χ3v) is 2.17. The van der Waals surface area contributed by atoms with Crippen molar-refractivity contribution in [3.8, 4) is 0 Å². The first kappa shape index (κ1) is 8.62. The topological polar surface area (TPSA) is 41.6 Å². The monoisotopic (exact) mass is 178 g/mol. The van der Waals surface area contributed by atoms with Gasteiger partial charge in [-0.3, -0.25) is 0 Å². The minimum absolute atomic E-state index is 0. The highest BCUT2D eigenvalue weighted by Gasteiger charge is 2.42. The zero-order valence-corrected chi connectivity index (χ0v) is 7.06. The van der Waals surface area contributed by atoms with Crippen LogP contribution in [0.1, 0.15) is 0 Å². The summed E-state index contributed by atoms with van der Waals surface area (Å²) < 4.78 is 5.02. The van der Waals surface area contributed by atoms with Crippen molar-refractivity contribution in [2.24, 2.45) is 0 Å². The maximum Gasteiger partial charge on any atom is 0.410 e. The first-order chi connectivity index (χ1) is 4.79. The van der Waals surface area contributed by atoms with Gasteiger partial charge in [-0.15, -0.1) is 12.4 Å². The van der Waals surface area contributed by atoms with Crippen LogP contribution in [0.25, 0.3) is 0 Å². The van der Waals surface area contributed by atoms with E-state index in [4.69, 9.17) is 4.74 Å². The quantitative estimate of drug-likeness (QED) is 0.560. The number of halogens is 1. The van der Waals surface area contributed by atoms with Crippen molar-refractivity contribution in [1.29, 1.82) is 0 Å². The highest BCUT2D eigenvalue weighted by molar-refractivity contribution is 5.85. The minimum atomic E-state index is -0.184. The predicted molar refractivity (Wildman–Crippen MR) is 41.9 cm³/mol. The molecule has 1 N–H and O–H groups in total. The highest BCUT2D eigenvalue weighted by atomic mass is 35.5. The third-order valence-electron chi connectivity index (χ3n) is 2.17. The number of nitrogens with one attached hydrogen (secondary N) is 1. The summed E-state index contributed by atoms with van der Waals surface area (Å²) in [6.07, 6.45) is -0.0889. The molecule has 11 heavy (non-hydrogen) atoms. The zero-order chi connectivity index (χ0) is 7.14. The molecule has 2 rings (SSSR count). The van der Waals surface area contributed by atoms with Gasteiger partial charge in [-0.2, -0.15) is 0 Å². The number of rotatable bonds is 0. The van der Waals surface area contributed by atoms with Crippen LogP contribution in [0.4, 0.5) is 4.79 Å². The number of carbonyl (C=O) groups is 1. The molecule has 2 aliphatic rings. The molecule has 4 nitrogen and oxygen atoms in total. The van der Waals surface area contributed by atoms with Crippen molar-refractivity contribution in [3.05, 3.63) is 0 Å². The van der Waals surface area contributed by atoms with Crippen LogP contribution < -0.4 is 5.32 Å². The zero-order valence-electron chi connectivity index (χ0n) is 6.24. The van der Waals surface area contributed by atoms with E-state index in [0.717, 1.165) is 13.1 Å². The van der Waals surface area contributed by atoms with E-state index in [1.165, 1.54) is 0 Å². The van der Waals surface area contributed by atoms with Crippen LogP contribution in [0.15, 0.2) is 0 Å². The van der Waals surface area contributed by atoms with Crippen molar-refractivity contribution in [1.82, 2.24) is 10.2 Å². The van der Waals surface area contributed by atoms with Gasteiger partial charge in [0.25, 0.3) is 0 Å². The molecule has 2 fully saturated rings. The van der Waals surface area contributed by atoms with E-state index in [2.05, 4.69) is 5.32 Å². The molecule has 2 heterocycles. The van der Waals surface area contributed by atoms with Crippen molar-refractivity contribution < 1.29 is 9.53 Å². The molecular weight excluding hydrogens is 168 g/mol. The van der Waals surface area contributed by atoms with Crippen LogP contribution in [0, 0.1) is 0 Å². The second-order valence-corrected chi connectivity index (χ2v) is 2.76. The Kier molecular flexibility index (Phi) is 2.25. The molecule has 0 radical (unpaired) electrons. The van der Waals surface area contributed by atoms with E-state index in [0.29, 0.717) is 0 Å². The van der Waals surface area contributed by atoms with Crippen molar-refractivity contribution in [2.75, 3.05) is 20.1 Å².